The molecule has 1 N–H and O–H groups in total. The summed E-state index contributed by atoms with van der Waals surface area (Å²) < 4.78 is 0. The van der Waals surface area contributed by atoms with Crippen molar-refractivity contribution in [2.45, 2.75) is 37.2 Å². The van der Waals surface area contributed by atoms with Crippen LogP contribution in [0.1, 0.15) is 29.8 Å². The fourth-order valence-electron chi connectivity index (χ4n) is 2.86. The zero-order valence-electron chi connectivity index (χ0n) is 10.2. The monoisotopic (exact) mass is 259 g/mol. The molecule has 94 valence electrons. The van der Waals surface area contributed by atoms with Crippen LogP contribution in [-0.2, 0) is 11.8 Å². The highest BCUT2D eigenvalue weighted by molar-refractivity contribution is 7.09. The summed E-state index contributed by atoms with van der Waals surface area (Å²) in [6.45, 7) is 0. The van der Waals surface area contributed by atoms with Gasteiger partial charge in [0.1, 0.15) is 0 Å². The van der Waals surface area contributed by atoms with E-state index in [0.717, 1.165) is 17.8 Å². The molecular weight excluding hydrogens is 242 g/mol. The van der Waals surface area contributed by atoms with Crippen LogP contribution in [0.15, 0.2) is 41.9 Å². The lowest BCUT2D eigenvalue weighted by atomic mass is 9.60. The van der Waals surface area contributed by atoms with Gasteiger partial charge in [-0.1, -0.05) is 36.8 Å². The van der Waals surface area contributed by atoms with Gasteiger partial charge in [-0.05, 0) is 18.4 Å². The molecule has 2 nitrogen and oxygen atoms in total. The highest BCUT2D eigenvalue weighted by Crippen LogP contribution is 2.47. The van der Waals surface area contributed by atoms with E-state index in [-0.39, 0.29) is 11.5 Å². The molecule has 0 amide bonds. The van der Waals surface area contributed by atoms with Crippen LogP contribution in [0.2, 0.25) is 0 Å². The number of benzene rings is 1. The lowest BCUT2D eigenvalue weighted by Gasteiger charge is -2.46. The molecule has 1 unspecified atom stereocenters. The maximum Gasteiger partial charge on any atom is 0.0950 e. The largest absolute Gasteiger partial charge is 0.392 e. The van der Waals surface area contributed by atoms with Gasteiger partial charge in [-0.2, -0.15) is 0 Å². The molecule has 1 atom stereocenters. The SMILES string of the molecule is OC(Cc1nccs1)C1(c2ccccc2)CCC1. The second-order valence-electron chi connectivity index (χ2n) is 5.02. The van der Waals surface area contributed by atoms with E-state index >= 15 is 0 Å². The summed E-state index contributed by atoms with van der Waals surface area (Å²) in [7, 11) is 0. The Labute approximate surface area is 111 Å². The van der Waals surface area contributed by atoms with Gasteiger partial charge < -0.3 is 5.11 Å². The fourth-order valence-corrected chi connectivity index (χ4v) is 3.51. The van der Waals surface area contributed by atoms with Crippen molar-refractivity contribution in [2.75, 3.05) is 0 Å². The number of aliphatic hydroxyl groups is 1. The molecule has 1 aliphatic rings. The molecule has 3 heteroatoms. The highest BCUT2D eigenvalue weighted by Gasteiger charge is 2.44. The minimum Gasteiger partial charge on any atom is -0.392 e. The quantitative estimate of drug-likeness (QED) is 0.915. The van der Waals surface area contributed by atoms with Crippen molar-refractivity contribution in [3.8, 4) is 0 Å². The molecule has 1 aliphatic carbocycles. The smallest absolute Gasteiger partial charge is 0.0950 e. The van der Waals surface area contributed by atoms with Crippen molar-refractivity contribution in [1.82, 2.24) is 4.98 Å². The molecule has 1 aromatic heterocycles. The van der Waals surface area contributed by atoms with Crippen molar-refractivity contribution in [1.29, 1.82) is 0 Å². The van der Waals surface area contributed by atoms with Crippen LogP contribution >= 0.6 is 11.3 Å². The molecular formula is C15H17NOS. The third-order valence-corrected chi connectivity index (χ3v) is 4.89. The lowest BCUT2D eigenvalue weighted by molar-refractivity contribution is 0.0285. The first-order chi connectivity index (χ1) is 8.81. The highest BCUT2D eigenvalue weighted by atomic mass is 32.1. The second kappa shape index (κ2) is 4.82. The minimum atomic E-state index is -0.320. The molecule has 1 fully saturated rings. The topological polar surface area (TPSA) is 33.1 Å². The molecule has 0 saturated heterocycles. The predicted molar refractivity (Wildman–Crippen MR) is 73.8 cm³/mol. The summed E-state index contributed by atoms with van der Waals surface area (Å²) in [6, 6.07) is 10.4. The summed E-state index contributed by atoms with van der Waals surface area (Å²) in [4.78, 5) is 4.28. The molecule has 3 rings (SSSR count). The summed E-state index contributed by atoms with van der Waals surface area (Å²) in [5.74, 6) is 0. The van der Waals surface area contributed by atoms with Gasteiger partial charge in [0, 0.05) is 23.4 Å². The van der Waals surface area contributed by atoms with Crippen LogP contribution in [0, 0.1) is 0 Å². The normalized spacial score (nSPS) is 19.2. The maximum absolute atomic E-state index is 10.6. The number of rotatable bonds is 4. The van der Waals surface area contributed by atoms with E-state index in [1.165, 1.54) is 12.0 Å². The van der Waals surface area contributed by atoms with Gasteiger partial charge in [0.05, 0.1) is 11.1 Å². The van der Waals surface area contributed by atoms with Gasteiger partial charge in [-0.15, -0.1) is 11.3 Å². The van der Waals surface area contributed by atoms with E-state index in [4.69, 9.17) is 0 Å². The van der Waals surface area contributed by atoms with Crippen molar-refractivity contribution in [3.63, 3.8) is 0 Å². The number of hydrogen-bond acceptors (Lipinski definition) is 3. The van der Waals surface area contributed by atoms with Crippen molar-refractivity contribution < 1.29 is 5.11 Å². The Morgan fingerprint density at radius 1 is 1.28 bits per heavy atom. The fraction of sp³-hybridized carbons (Fsp3) is 0.400. The summed E-state index contributed by atoms with van der Waals surface area (Å²) in [5, 5.41) is 13.6. The Morgan fingerprint density at radius 3 is 2.61 bits per heavy atom. The Bertz CT molecular complexity index is 490. The van der Waals surface area contributed by atoms with Crippen molar-refractivity contribution >= 4 is 11.3 Å². The first-order valence-corrected chi connectivity index (χ1v) is 7.31. The average molecular weight is 259 g/mol. The maximum atomic E-state index is 10.6. The van der Waals surface area contributed by atoms with Crippen LogP contribution in [0.5, 0.6) is 0 Å². The molecule has 1 heterocycles. The van der Waals surface area contributed by atoms with Crippen LogP contribution in [0.3, 0.4) is 0 Å². The summed E-state index contributed by atoms with van der Waals surface area (Å²) in [6.07, 6.45) is 5.55. The van der Waals surface area contributed by atoms with Gasteiger partial charge in [0.15, 0.2) is 0 Å². The lowest BCUT2D eigenvalue weighted by Crippen LogP contribution is -2.46. The third kappa shape index (κ3) is 1.98. The molecule has 1 saturated carbocycles. The standard InChI is InChI=1S/C15H17NOS/c17-13(11-14-16-9-10-18-14)15(7-4-8-15)12-5-2-1-3-6-12/h1-3,5-6,9-10,13,17H,4,7-8,11H2. The molecule has 2 aromatic rings. The molecule has 0 bridgehead atoms. The van der Waals surface area contributed by atoms with Gasteiger partial charge in [0.2, 0.25) is 0 Å². The Kier molecular flexibility index (Phi) is 3.18. The van der Waals surface area contributed by atoms with Crippen molar-refractivity contribution in [3.05, 3.63) is 52.5 Å². The van der Waals surface area contributed by atoms with Gasteiger partial charge in [0.25, 0.3) is 0 Å². The number of hydrogen-bond donors (Lipinski definition) is 1. The van der Waals surface area contributed by atoms with Gasteiger partial charge in [-0.25, -0.2) is 4.98 Å². The second-order valence-corrected chi connectivity index (χ2v) is 6.00. The minimum absolute atomic E-state index is 0.0348. The Morgan fingerprint density at radius 2 is 2.06 bits per heavy atom. The van der Waals surface area contributed by atoms with Gasteiger partial charge in [-0.3, -0.25) is 0 Å². The predicted octanol–water partition coefficient (Wildman–Crippen LogP) is 3.17. The molecule has 0 aliphatic heterocycles. The third-order valence-electron chi connectivity index (χ3n) is 4.08. The molecule has 0 radical (unpaired) electrons. The molecule has 1 aromatic carbocycles. The van der Waals surface area contributed by atoms with Crippen molar-refractivity contribution in [2.24, 2.45) is 0 Å². The number of aromatic nitrogens is 1. The zero-order chi connectivity index (χ0) is 12.4. The number of aliphatic hydroxyl groups excluding tert-OH is 1. The summed E-state index contributed by atoms with van der Waals surface area (Å²) in [5.41, 5.74) is 1.24. The summed E-state index contributed by atoms with van der Waals surface area (Å²) >= 11 is 1.63. The van der Waals surface area contributed by atoms with E-state index in [2.05, 4.69) is 29.2 Å². The Balaban J connectivity index is 1.83. The van der Waals surface area contributed by atoms with Gasteiger partial charge >= 0.3 is 0 Å². The first kappa shape index (κ1) is 11.9. The van der Waals surface area contributed by atoms with E-state index < -0.39 is 0 Å². The zero-order valence-corrected chi connectivity index (χ0v) is 11.1. The van der Waals surface area contributed by atoms with E-state index in [1.54, 1.807) is 11.3 Å². The first-order valence-electron chi connectivity index (χ1n) is 6.43. The van der Waals surface area contributed by atoms with Crippen LogP contribution in [0.25, 0.3) is 0 Å². The van der Waals surface area contributed by atoms with E-state index in [1.807, 2.05) is 17.6 Å². The van der Waals surface area contributed by atoms with E-state index in [9.17, 15) is 5.11 Å². The average Bonchev–Trinajstić information content (AvgIpc) is 2.82. The Hall–Kier alpha value is -1.19. The van der Waals surface area contributed by atoms with Crippen LogP contribution < -0.4 is 0 Å². The molecule has 18 heavy (non-hydrogen) atoms. The van der Waals surface area contributed by atoms with E-state index in [0.29, 0.717) is 6.42 Å². The number of nitrogens with zero attached hydrogens (tertiary/aromatic N) is 1. The van der Waals surface area contributed by atoms with Crippen LogP contribution in [-0.4, -0.2) is 16.2 Å². The number of thiazole rings is 1. The van der Waals surface area contributed by atoms with Crippen LogP contribution in [0.4, 0.5) is 0 Å². The molecule has 0 spiro atoms.